The molecule has 2 N–H and O–H groups in total. The van der Waals surface area contributed by atoms with Crippen molar-refractivity contribution in [2.24, 2.45) is 0 Å². The van der Waals surface area contributed by atoms with Crippen LogP contribution < -0.4 is 0 Å². The van der Waals surface area contributed by atoms with Gasteiger partial charge < -0.3 is 14.9 Å². The van der Waals surface area contributed by atoms with Gasteiger partial charge in [-0.25, -0.2) is 14.5 Å². The maximum absolute atomic E-state index is 11.4. The van der Waals surface area contributed by atoms with Crippen LogP contribution in [0.4, 0.5) is 0 Å². The van der Waals surface area contributed by atoms with Crippen LogP contribution in [0.1, 0.15) is 18.6 Å². The summed E-state index contributed by atoms with van der Waals surface area (Å²) in [5, 5.41) is 23.6. The van der Waals surface area contributed by atoms with Crippen molar-refractivity contribution >= 4 is 5.97 Å². The van der Waals surface area contributed by atoms with Gasteiger partial charge in [0.05, 0.1) is 12.3 Å². The highest BCUT2D eigenvalue weighted by Crippen LogP contribution is 2.19. The molecule has 0 bridgehead atoms. The van der Waals surface area contributed by atoms with E-state index < -0.39 is 18.2 Å². The van der Waals surface area contributed by atoms with Gasteiger partial charge in [-0.3, -0.25) is 0 Å². The molecule has 0 fully saturated rings. The average Bonchev–Trinajstić information content (AvgIpc) is 3.00. The first-order valence-corrected chi connectivity index (χ1v) is 6.11. The van der Waals surface area contributed by atoms with Gasteiger partial charge in [0.15, 0.2) is 6.10 Å². The molecule has 0 aliphatic rings. The van der Waals surface area contributed by atoms with E-state index in [-0.39, 0.29) is 6.61 Å². The molecule has 7 heteroatoms. The number of carbonyl (C=O) groups is 1. The highest BCUT2D eigenvalue weighted by molar-refractivity contribution is 5.75. The van der Waals surface area contributed by atoms with Crippen molar-refractivity contribution < 1.29 is 19.7 Å². The molecule has 2 aromatic rings. The summed E-state index contributed by atoms with van der Waals surface area (Å²) in [5.74, 6) is -0.847. The first-order chi connectivity index (χ1) is 9.63. The fraction of sp³-hybridized carbons (Fsp3) is 0.308. The number of esters is 1. The predicted octanol–water partition coefficient (Wildman–Crippen LogP) is 0.225. The van der Waals surface area contributed by atoms with Gasteiger partial charge in [-0.1, -0.05) is 12.1 Å². The van der Waals surface area contributed by atoms with E-state index in [4.69, 9.17) is 0 Å². The molecule has 0 radical (unpaired) electrons. The topological polar surface area (TPSA) is 97.5 Å². The third-order valence-corrected chi connectivity index (χ3v) is 2.75. The van der Waals surface area contributed by atoms with E-state index >= 15 is 0 Å². The Morgan fingerprint density at radius 2 is 2.05 bits per heavy atom. The number of nitrogens with zero attached hydrogens (tertiary/aromatic N) is 3. The number of rotatable bonds is 5. The monoisotopic (exact) mass is 277 g/mol. The van der Waals surface area contributed by atoms with Crippen LogP contribution in [-0.2, 0) is 9.53 Å². The Balaban J connectivity index is 2.11. The second-order valence-electron chi connectivity index (χ2n) is 4.07. The highest BCUT2D eigenvalue weighted by Gasteiger charge is 2.26. The second-order valence-corrected chi connectivity index (χ2v) is 4.07. The minimum absolute atomic E-state index is 0.147. The van der Waals surface area contributed by atoms with Crippen LogP contribution in [0.5, 0.6) is 0 Å². The molecule has 2 atom stereocenters. The van der Waals surface area contributed by atoms with Gasteiger partial charge in [0.1, 0.15) is 18.8 Å². The van der Waals surface area contributed by atoms with E-state index in [2.05, 4.69) is 14.8 Å². The van der Waals surface area contributed by atoms with Gasteiger partial charge >= 0.3 is 5.97 Å². The van der Waals surface area contributed by atoms with Crippen molar-refractivity contribution in [3.63, 3.8) is 0 Å². The smallest absolute Gasteiger partial charge is 0.338 e. The summed E-state index contributed by atoms with van der Waals surface area (Å²) < 4.78 is 6.21. The minimum atomic E-state index is -1.60. The molecule has 0 spiro atoms. The average molecular weight is 277 g/mol. The van der Waals surface area contributed by atoms with Gasteiger partial charge in [0.25, 0.3) is 0 Å². The summed E-state index contributed by atoms with van der Waals surface area (Å²) >= 11 is 0. The largest absolute Gasteiger partial charge is 0.464 e. The lowest BCUT2D eigenvalue weighted by molar-refractivity contribution is -0.159. The Labute approximate surface area is 115 Å². The number of ether oxygens (including phenoxy) is 1. The predicted molar refractivity (Wildman–Crippen MR) is 69.0 cm³/mol. The summed E-state index contributed by atoms with van der Waals surface area (Å²) in [4.78, 5) is 15.2. The standard InChI is InChI=1S/C13H15N3O4/c1-2-20-13(19)12(18)11(17)9-3-5-10(6-4-9)16-8-14-7-15-16/h3-8,11-12,17-18H,2H2,1H3. The highest BCUT2D eigenvalue weighted by atomic mass is 16.5. The molecular formula is C13H15N3O4. The fourth-order valence-electron chi connectivity index (χ4n) is 1.70. The Hall–Kier alpha value is -2.25. The van der Waals surface area contributed by atoms with Gasteiger partial charge in [-0.15, -0.1) is 0 Å². The molecule has 0 aliphatic heterocycles. The van der Waals surface area contributed by atoms with Gasteiger partial charge in [0.2, 0.25) is 0 Å². The number of aromatic nitrogens is 3. The zero-order valence-corrected chi connectivity index (χ0v) is 10.9. The Bertz CT molecular complexity index is 554. The fourth-order valence-corrected chi connectivity index (χ4v) is 1.70. The van der Waals surface area contributed by atoms with Crippen LogP contribution in [-0.4, -0.2) is 43.7 Å². The Morgan fingerprint density at radius 3 is 2.60 bits per heavy atom. The molecule has 0 saturated carbocycles. The number of hydrogen-bond donors (Lipinski definition) is 2. The summed E-state index contributed by atoms with van der Waals surface area (Å²) in [6.45, 7) is 1.78. The quantitative estimate of drug-likeness (QED) is 0.759. The molecule has 2 rings (SSSR count). The second kappa shape index (κ2) is 6.27. The SMILES string of the molecule is CCOC(=O)C(O)C(O)c1ccc(-n2cncn2)cc1. The van der Waals surface area contributed by atoms with Crippen molar-refractivity contribution in [1.82, 2.24) is 14.8 Å². The first-order valence-electron chi connectivity index (χ1n) is 6.11. The first kappa shape index (κ1) is 14.2. The number of aliphatic hydroxyl groups is 2. The Kier molecular flexibility index (Phi) is 4.44. The van der Waals surface area contributed by atoms with Gasteiger partial charge in [0, 0.05) is 0 Å². The lowest BCUT2D eigenvalue weighted by Crippen LogP contribution is -2.29. The zero-order chi connectivity index (χ0) is 14.5. The summed E-state index contributed by atoms with van der Waals surface area (Å²) in [5.41, 5.74) is 1.17. The van der Waals surface area contributed by atoms with Crippen molar-refractivity contribution in [1.29, 1.82) is 0 Å². The third kappa shape index (κ3) is 3.01. The lowest BCUT2D eigenvalue weighted by atomic mass is 10.0. The van der Waals surface area contributed by atoms with Crippen molar-refractivity contribution in [2.75, 3.05) is 6.61 Å². The molecule has 1 heterocycles. The number of carbonyl (C=O) groups excluding carboxylic acids is 1. The normalized spacial score (nSPS) is 13.8. The van der Waals surface area contributed by atoms with E-state index in [1.54, 1.807) is 42.2 Å². The minimum Gasteiger partial charge on any atom is -0.464 e. The van der Waals surface area contributed by atoms with Crippen LogP contribution in [0.15, 0.2) is 36.9 Å². The van der Waals surface area contributed by atoms with E-state index in [1.165, 1.54) is 6.33 Å². The Morgan fingerprint density at radius 1 is 1.35 bits per heavy atom. The van der Waals surface area contributed by atoms with Crippen molar-refractivity contribution in [3.05, 3.63) is 42.5 Å². The molecule has 0 aliphatic carbocycles. The summed E-state index contributed by atoms with van der Waals surface area (Å²) in [7, 11) is 0. The molecule has 20 heavy (non-hydrogen) atoms. The molecule has 1 aromatic heterocycles. The lowest BCUT2D eigenvalue weighted by Gasteiger charge is -2.16. The van der Waals surface area contributed by atoms with Gasteiger partial charge in [-0.2, -0.15) is 5.10 Å². The zero-order valence-electron chi connectivity index (χ0n) is 10.9. The van der Waals surface area contributed by atoms with Crippen LogP contribution >= 0.6 is 0 Å². The van der Waals surface area contributed by atoms with Crippen LogP contribution in [0, 0.1) is 0 Å². The molecule has 106 valence electrons. The van der Waals surface area contributed by atoms with Crippen LogP contribution in [0.25, 0.3) is 5.69 Å². The molecule has 0 saturated heterocycles. The molecule has 1 aromatic carbocycles. The number of hydrogen-bond acceptors (Lipinski definition) is 6. The van der Waals surface area contributed by atoms with E-state index in [1.807, 2.05) is 0 Å². The van der Waals surface area contributed by atoms with Crippen molar-refractivity contribution in [3.8, 4) is 5.69 Å². The van der Waals surface area contributed by atoms with Gasteiger partial charge in [-0.05, 0) is 24.6 Å². The molecule has 2 unspecified atom stereocenters. The number of aliphatic hydroxyl groups excluding tert-OH is 2. The van der Waals surface area contributed by atoms with E-state index in [0.717, 1.165) is 5.69 Å². The molecule has 7 nitrogen and oxygen atoms in total. The number of benzene rings is 1. The van der Waals surface area contributed by atoms with Crippen LogP contribution in [0.2, 0.25) is 0 Å². The van der Waals surface area contributed by atoms with E-state index in [0.29, 0.717) is 5.56 Å². The van der Waals surface area contributed by atoms with Crippen molar-refractivity contribution in [2.45, 2.75) is 19.1 Å². The summed E-state index contributed by atoms with van der Waals surface area (Å²) in [6, 6.07) is 6.60. The van der Waals surface area contributed by atoms with Crippen LogP contribution in [0.3, 0.4) is 0 Å². The maximum atomic E-state index is 11.4. The molecular weight excluding hydrogens is 262 g/mol. The van der Waals surface area contributed by atoms with E-state index in [9.17, 15) is 15.0 Å². The molecule has 0 amide bonds. The maximum Gasteiger partial charge on any atom is 0.338 e. The summed E-state index contributed by atoms with van der Waals surface area (Å²) in [6.07, 6.45) is 0.0117. The third-order valence-electron chi connectivity index (χ3n) is 2.75.